The number of pyridine rings is 1. The number of hydrogen-bond donors (Lipinski definition) is 2. The summed E-state index contributed by atoms with van der Waals surface area (Å²) in [5.74, 6) is -0.872. The van der Waals surface area contributed by atoms with Gasteiger partial charge < -0.3 is 20.1 Å². The van der Waals surface area contributed by atoms with Crippen LogP contribution in [0.15, 0.2) is 47.3 Å². The Bertz CT molecular complexity index is 1050. The van der Waals surface area contributed by atoms with Gasteiger partial charge in [0.15, 0.2) is 0 Å². The molecule has 164 valence electrons. The maximum absolute atomic E-state index is 13.9. The summed E-state index contributed by atoms with van der Waals surface area (Å²) < 4.78 is 15.7. The standard InChI is InChI=1S/C23H27FN4O3/c1-14(2)21(22(30)25-18-7-4-3-6-17(18)24)26-23(31)27-11-15-10-16(13-27)19-8-5-9-20(29)28(19)12-15/h3-9,14-16,21H,10-13H2,1-2H3,(H,25,30)(H,26,31)/t15-,16+,21+/m1/s1. The second kappa shape index (κ2) is 8.53. The summed E-state index contributed by atoms with van der Waals surface area (Å²) in [6, 6.07) is 10.1. The van der Waals surface area contributed by atoms with Gasteiger partial charge in [0.25, 0.3) is 5.56 Å². The number of nitrogens with zero attached hydrogens (tertiary/aromatic N) is 2. The summed E-state index contributed by atoms with van der Waals surface area (Å²) in [6.07, 6.45) is 0.939. The quantitative estimate of drug-likeness (QED) is 0.789. The highest BCUT2D eigenvalue weighted by molar-refractivity contribution is 5.97. The molecule has 1 aromatic carbocycles. The highest BCUT2D eigenvalue weighted by atomic mass is 19.1. The number of nitrogens with one attached hydrogen (secondary N) is 2. The number of para-hydroxylation sites is 1. The third kappa shape index (κ3) is 4.33. The van der Waals surface area contributed by atoms with Crippen molar-refractivity contribution in [2.24, 2.45) is 11.8 Å². The molecule has 1 saturated heterocycles. The van der Waals surface area contributed by atoms with Crippen molar-refractivity contribution in [1.29, 1.82) is 0 Å². The molecule has 4 rings (SSSR count). The molecule has 3 amide bonds. The zero-order valence-corrected chi connectivity index (χ0v) is 17.7. The second-order valence-corrected chi connectivity index (χ2v) is 8.74. The first-order valence-electron chi connectivity index (χ1n) is 10.6. The lowest BCUT2D eigenvalue weighted by Crippen LogP contribution is -2.56. The van der Waals surface area contributed by atoms with E-state index >= 15 is 0 Å². The first-order valence-corrected chi connectivity index (χ1v) is 10.6. The van der Waals surface area contributed by atoms with Gasteiger partial charge in [-0.1, -0.05) is 32.0 Å². The lowest BCUT2D eigenvalue weighted by atomic mass is 9.83. The van der Waals surface area contributed by atoms with Crippen LogP contribution >= 0.6 is 0 Å². The van der Waals surface area contributed by atoms with Crippen LogP contribution in [-0.2, 0) is 11.3 Å². The molecule has 0 unspecified atom stereocenters. The number of amides is 3. The van der Waals surface area contributed by atoms with Crippen LogP contribution in [0.3, 0.4) is 0 Å². The van der Waals surface area contributed by atoms with E-state index in [9.17, 15) is 18.8 Å². The van der Waals surface area contributed by atoms with E-state index in [2.05, 4.69) is 10.6 Å². The van der Waals surface area contributed by atoms with Crippen LogP contribution in [0.25, 0.3) is 0 Å². The molecule has 1 fully saturated rings. The molecule has 2 aromatic rings. The number of fused-ring (bicyclic) bond motifs is 4. The van der Waals surface area contributed by atoms with Crippen molar-refractivity contribution in [3.8, 4) is 0 Å². The largest absolute Gasteiger partial charge is 0.326 e. The summed E-state index contributed by atoms with van der Waals surface area (Å²) in [7, 11) is 0. The number of piperidine rings is 1. The summed E-state index contributed by atoms with van der Waals surface area (Å²) in [6.45, 7) is 5.28. The Balaban J connectivity index is 1.46. The number of halogens is 1. The molecule has 2 aliphatic heterocycles. The molecule has 2 bridgehead atoms. The molecule has 7 nitrogen and oxygen atoms in total. The van der Waals surface area contributed by atoms with Crippen LogP contribution in [0.5, 0.6) is 0 Å². The zero-order valence-electron chi connectivity index (χ0n) is 17.7. The van der Waals surface area contributed by atoms with Gasteiger partial charge in [-0.2, -0.15) is 0 Å². The van der Waals surface area contributed by atoms with Crippen molar-refractivity contribution < 1.29 is 14.0 Å². The summed E-state index contributed by atoms with van der Waals surface area (Å²) in [4.78, 5) is 39.7. The first kappa shape index (κ1) is 21.1. The number of benzene rings is 1. The summed E-state index contributed by atoms with van der Waals surface area (Å²) in [5, 5.41) is 5.41. The van der Waals surface area contributed by atoms with Crippen molar-refractivity contribution in [3.63, 3.8) is 0 Å². The molecule has 31 heavy (non-hydrogen) atoms. The van der Waals surface area contributed by atoms with Crippen LogP contribution in [0.1, 0.15) is 31.9 Å². The lowest BCUT2D eigenvalue weighted by Gasteiger charge is -2.43. The van der Waals surface area contributed by atoms with Gasteiger partial charge in [-0.15, -0.1) is 0 Å². The maximum Gasteiger partial charge on any atom is 0.318 e. The minimum atomic E-state index is -0.802. The van der Waals surface area contributed by atoms with Gasteiger partial charge in [0.1, 0.15) is 11.9 Å². The second-order valence-electron chi connectivity index (χ2n) is 8.74. The van der Waals surface area contributed by atoms with E-state index in [-0.39, 0.29) is 35.0 Å². The Labute approximate surface area is 180 Å². The number of likely N-dealkylation sites (tertiary alicyclic amines) is 1. The Kier molecular flexibility index (Phi) is 5.80. The third-order valence-electron chi connectivity index (χ3n) is 6.13. The monoisotopic (exact) mass is 426 g/mol. The highest BCUT2D eigenvalue weighted by Gasteiger charge is 2.37. The molecule has 0 aliphatic carbocycles. The van der Waals surface area contributed by atoms with Crippen molar-refractivity contribution in [2.45, 2.75) is 38.8 Å². The molecule has 2 N–H and O–H groups in total. The molecular formula is C23H27FN4O3. The third-order valence-corrected chi connectivity index (χ3v) is 6.13. The first-order chi connectivity index (χ1) is 14.8. The van der Waals surface area contributed by atoms with Gasteiger partial charge in [0.2, 0.25) is 5.91 Å². The van der Waals surface area contributed by atoms with E-state index in [1.54, 1.807) is 29.2 Å². The SMILES string of the molecule is CC(C)[C@H](NC(=O)N1C[C@H]2C[C@@H](C1)c1cccc(=O)n1C2)C(=O)Nc1ccccc1F. The fourth-order valence-electron chi connectivity index (χ4n) is 4.59. The van der Waals surface area contributed by atoms with Gasteiger partial charge in [-0.25, -0.2) is 9.18 Å². The maximum atomic E-state index is 13.9. The minimum Gasteiger partial charge on any atom is -0.326 e. The molecule has 1 aromatic heterocycles. The van der Waals surface area contributed by atoms with Crippen LogP contribution < -0.4 is 16.2 Å². The zero-order chi connectivity index (χ0) is 22.1. The predicted molar refractivity (Wildman–Crippen MR) is 115 cm³/mol. The van der Waals surface area contributed by atoms with E-state index in [0.717, 1.165) is 12.1 Å². The molecule has 0 spiro atoms. The molecule has 3 heterocycles. The number of carbonyl (C=O) groups is 2. The Hall–Kier alpha value is -3.16. The number of aromatic nitrogens is 1. The Morgan fingerprint density at radius 3 is 2.58 bits per heavy atom. The molecule has 0 radical (unpaired) electrons. The summed E-state index contributed by atoms with van der Waals surface area (Å²) >= 11 is 0. The highest BCUT2D eigenvalue weighted by Crippen LogP contribution is 2.34. The van der Waals surface area contributed by atoms with Crippen molar-refractivity contribution >= 4 is 17.6 Å². The molecule has 2 aliphatic rings. The van der Waals surface area contributed by atoms with Gasteiger partial charge in [0, 0.05) is 37.3 Å². The van der Waals surface area contributed by atoms with Crippen molar-refractivity contribution in [2.75, 3.05) is 18.4 Å². The topological polar surface area (TPSA) is 83.4 Å². The molecule has 8 heteroatoms. The molecule has 3 atom stereocenters. The predicted octanol–water partition coefficient (Wildman–Crippen LogP) is 2.78. The molecule has 0 saturated carbocycles. The van der Waals surface area contributed by atoms with Gasteiger partial charge in [-0.3, -0.25) is 9.59 Å². The minimum absolute atomic E-state index is 0.00483. The average molecular weight is 426 g/mol. The van der Waals surface area contributed by atoms with Gasteiger partial charge in [-0.05, 0) is 36.5 Å². The van der Waals surface area contributed by atoms with Crippen molar-refractivity contribution in [1.82, 2.24) is 14.8 Å². The smallest absolute Gasteiger partial charge is 0.318 e. The Morgan fingerprint density at radius 1 is 1.06 bits per heavy atom. The fraction of sp³-hybridized carbons (Fsp3) is 0.435. The van der Waals surface area contributed by atoms with Gasteiger partial charge in [0.05, 0.1) is 5.69 Å². The number of rotatable bonds is 4. The van der Waals surface area contributed by atoms with E-state index < -0.39 is 17.8 Å². The van der Waals surface area contributed by atoms with Crippen molar-refractivity contribution in [3.05, 3.63) is 64.3 Å². The van der Waals surface area contributed by atoms with E-state index in [1.807, 2.05) is 24.5 Å². The normalized spacial score (nSPS) is 20.7. The number of urea groups is 1. The van der Waals surface area contributed by atoms with E-state index in [0.29, 0.717) is 19.6 Å². The molecular weight excluding hydrogens is 399 g/mol. The number of anilines is 1. The Morgan fingerprint density at radius 2 is 1.84 bits per heavy atom. The van der Waals surface area contributed by atoms with E-state index in [1.165, 1.54) is 12.1 Å². The van der Waals surface area contributed by atoms with Crippen LogP contribution in [0.2, 0.25) is 0 Å². The number of carbonyl (C=O) groups excluding carboxylic acids is 2. The summed E-state index contributed by atoms with van der Waals surface area (Å²) in [5.41, 5.74) is 1.04. The van der Waals surface area contributed by atoms with Crippen LogP contribution in [0.4, 0.5) is 14.9 Å². The fourth-order valence-corrected chi connectivity index (χ4v) is 4.59. The van der Waals surface area contributed by atoms with Gasteiger partial charge >= 0.3 is 6.03 Å². The van der Waals surface area contributed by atoms with Crippen LogP contribution in [-0.4, -0.2) is 40.5 Å². The van der Waals surface area contributed by atoms with Crippen LogP contribution in [0, 0.1) is 17.7 Å². The number of hydrogen-bond acceptors (Lipinski definition) is 3. The average Bonchev–Trinajstić information content (AvgIpc) is 2.74. The lowest BCUT2D eigenvalue weighted by molar-refractivity contribution is -0.118. The van der Waals surface area contributed by atoms with E-state index in [4.69, 9.17) is 0 Å².